The number of amides is 2. The summed E-state index contributed by atoms with van der Waals surface area (Å²) in [7, 11) is 2.82. The Labute approximate surface area is 169 Å². The average Bonchev–Trinajstić information content (AvgIpc) is 3.00. The van der Waals surface area contributed by atoms with Crippen molar-refractivity contribution in [2.75, 3.05) is 6.61 Å². The van der Waals surface area contributed by atoms with Gasteiger partial charge in [0, 0.05) is 14.1 Å². The van der Waals surface area contributed by atoms with E-state index in [1.807, 2.05) is 6.92 Å². The molecule has 1 aliphatic heterocycles. The normalized spacial score (nSPS) is 16.7. The van der Waals surface area contributed by atoms with Crippen LogP contribution in [0.25, 0.3) is 11.2 Å². The number of carbonyl (C=O) groups excluding carboxylic acids is 2. The summed E-state index contributed by atoms with van der Waals surface area (Å²) < 4.78 is 8.63. The predicted molar refractivity (Wildman–Crippen MR) is 105 cm³/mol. The number of hydrogen-bond donors (Lipinski definition) is 2. The van der Waals surface area contributed by atoms with Crippen LogP contribution in [0.15, 0.2) is 20.9 Å². The smallest absolute Gasteiger partial charge is 0.337 e. The first kappa shape index (κ1) is 20.6. The second-order valence-corrected chi connectivity index (χ2v) is 6.86. The zero-order valence-electron chi connectivity index (χ0n) is 16.4. The quantitative estimate of drug-likeness (QED) is 0.513. The van der Waals surface area contributed by atoms with Crippen molar-refractivity contribution >= 4 is 34.8 Å². The number of urea groups is 1. The van der Waals surface area contributed by atoms with Gasteiger partial charge in [-0.15, -0.1) is 0 Å². The van der Waals surface area contributed by atoms with E-state index in [-0.39, 0.29) is 40.9 Å². The summed E-state index contributed by atoms with van der Waals surface area (Å²) >= 11 is 6.25. The Hall–Kier alpha value is -3.08. The van der Waals surface area contributed by atoms with Gasteiger partial charge in [0.05, 0.1) is 30.5 Å². The van der Waals surface area contributed by atoms with Crippen molar-refractivity contribution in [3.63, 3.8) is 0 Å². The van der Waals surface area contributed by atoms with E-state index in [2.05, 4.69) is 15.6 Å². The third-order valence-corrected chi connectivity index (χ3v) is 5.05. The molecule has 1 unspecified atom stereocenters. The minimum Gasteiger partial charge on any atom is -0.463 e. The average molecular weight is 425 g/mol. The molecule has 2 aromatic heterocycles. The highest BCUT2D eigenvalue weighted by Crippen LogP contribution is 2.22. The number of aromatic nitrogens is 4. The van der Waals surface area contributed by atoms with E-state index >= 15 is 0 Å². The molecule has 0 radical (unpaired) electrons. The molecule has 11 nitrogen and oxygen atoms in total. The number of esters is 1. The molecule has 2 aromatic rings. The number of halogens is 1. The van der Waals surface area contributed by atoms with Crippen LogP contribution in [0.4, 0.5) is 4.79 Å². The minimum atomic E-state index is -0.590. The molecular weight excluding hydrogens is 404 g/mol. The molecule has 12 heteroatoms. The van der Waals surface area contributed by atoms with Crippen molar-refractivity contribution in [3.8, 4) is 0 Å². The van der Waals surface area contributed by atoms with Crippen LogP contribution in [0.1, 0.15) is 20.3 Å². The summed E-state index contributed by atoms with van der Waals surface area (Å²) in [6.45, 7) is 3.55. The SMILES string of the molecule is CCOC(=O)C1=C(Cn2c(Cl)nc3c2c(=O)n(C)c(=O)n3C)NC(=O)NC1CC. The van der Waals surface area contributed by atoms with Crippen LogP contribution in [0.5, 0.6) is 0 Å². The van der Waals surface area contributed by atoms with Gasteiger partial charge >= 0.3 is 17.7 Å². The molecule has 29 heavy (non-hydrogen) atoms. The Balaban J connectivity index is 2.23. The predicted octanol–water partition coefficient (Wildman–Crippen LogP) is -0.00430. The Morgan fingerprint density at radius 1 is 1.21 bits per heavy atom. The summed E-state index contributed by atoms with van der Waals surface area (Å²) in [6.07, 6.45) is 0.458. The number of rotatable bonds is 5. The fourth-order valence-electron chi connectivity index (χ4n) is 3.31. The maximum Gasteiger partial charge on any atom is 0.337 e. The molecule has 0 aliphatic carbocycles. The standard InChI is InChI=1S/C17H21ClN6O5/c1-5-8-10(14(26)29-6-2)9(20-16(27)19-8)7-24-11-12(21-15(24)18)22(3)17(28)23(4)13(11)25/h8H,5-7H2,1-4H3,(H2,19,20,27). The van der Waals surface area contributed by atoms with E-state index in [9.17, 15) is 19.2 Å². The highest BCUT2D eigenvalue weighted by atomic mass is 35.5. The summed E-state index contributed by atoms with van der Waals surface area (Å²) in [6, 6.07) is -1.04. The molecule has 156 valence electrons. The second kappa shape index (κ2) is 7.74. The summed E-state index contributed by atoms with van der Waals surface area (Å²) in [5.74, 6) is -0.581. The molecule has 0 bridgehead atoms. The van der Waals surface area contributed by atoms with Crippen LogP contribution < -0.4 is 21.9 Å². The van der Waals surface area contributed by atoms with Crippen LogP contribution in [-0.2, 0) is 30.2 Å². The van der Waals surface area contributed by atoms with Crippen molar-refractivity contribution in [1.29, 1.82) is 0 Å². The van der Waals surface area contributed by atoms with Gasteiger partial charge in [0.25, 0.3) is 5.56 Å². The van der Waals surface area contributed by atoms with Gasteiger partial charge in [-0.3, -0.25) is 13.9 Å². The fourth-order valence-corrected chi connectivity index (χ4v) is 3.53. The fraction of sp³-hybridized carbons (Fsp3) is 0.471. The topological polar surface area (TPSA) is 129 Å². The monoisotopic (exact) mass is 424 g/mol. The number of imidazole rings is 1. The molecular formula is C17H21ClN6O5. The second-order valence-electron chi connectivity index (χ2n) is 6.52. The van der Waals surface area contributed by atoms with E-state index in [0.29, 0.717) is 6.42 Å². The van der Waals surface area contributed by atoms with E-state index in [4.69, 9.17) is 16.3 Å². The van der Waals surface area contributed by atoms with Gasteiger partial charge in [-0.05, 0) is 24.9 Å². The van der Waals surface area contributed by atoms with Gasteiger partial charge in [0.15, 0.2) is 11.2 Å². The number of nitrogens with one attached hydrogen (secondary N) is 2. The van der Waals surface area contributed by atoms with Crippen molar-refractivity contribution in [2.24, 2.45) is 14.1 Å². The molecule has 0 saturated heterocycles. The largest absolute Gasteiger partial charge is 0.463 e. The highest BCUT2D eigenvalue weighted by Gasteiger charge is 2.32. The Kier molecular flexibility index (Phi) is 5.51. The summed E-state index contributed by atoms with van der Waals surface area (Å²) in [5.41, 5.74) is -0.459. The summed E-state index contributed by atoms with van der Waals surface area (Å²) in [4.78, 5) is 53.6. The van der Waals surface area contributed by atoms with Gasteiger partial charge in [-0.25, -0.2) is 14.4 Å². The number of carbonyl (C=O) groups is 2. The van der Waals surface area contributed by atoms with Crippen molar-refractivity contribution in [1.82, 2.24) is 29.3 Å². The number of hydrogen-bond acceptors (Lipinski definition) is 6. The number of aryl methyl sites for hydroxylation is 1. The number of allylic oxidation sites excluding steroid dienone is 1. The Morgan fingerprint density at radius 3 is 2.52 bits per heavy atom. The minimum absolute atomic E-state index is 0.0603. The van der Waals surface area contributed by atoms with Gasteiger partial charge in [-0.1, -0.05) is 6.92 Å². The molecule has 2 N–H and O–H groups in total. The van der Waals surface area contributed by atoms with Crippen molar-refractivity contribution < 1.29 is 14.3 Å². The highest BCUT2D eigenvalue weighted by molar-refractivity contribution is 6.29. The van der Waals surface area contributed by atoms with Crippen LogP contribution >= 0.6 is 11.6 Å². The van der Waals surface area contributed by atoms with E-state index in [1.54, 1.807) is 6.92 Å². The van der Waals surface area contributed by atoms with E-state index < -0.39 is 29.3 Å². The molecule has 0 aromatic carbocycles. The third-order valence-electron chi connectivity index (χ3n) is 4.76. The van der Waals surface area contributed by atoms with Crippen LogP contribution in [-0.4, -0.2) is 43.3 Å². The first-order valence-electron chi connectivity index (χ1n) is 9.00. The summed E-state index contributed by atoms with van der Waals surface area (Å²) in [5, 5.41) is 5.22. The molecule has 0 fully saturated rings. The lowest BCUT2D eigenvalue weighted by atomic mass is 10.00. The molecule has 1 atom stereocenters. The van der Waals surface area contributed by atoms with Gasteiger partial charge in [-0.2, -0.15) is 4.98 Å². The molecule has 0 saturated carbocycles. The molecule has 0 spiro atoms. The lowest BCUT2D eigenvalue weighted by molar-refractivity contribution is -0.139. The third kappa shape index (κ3) is 3.41. The van der Waals surface area contributed by atoms with Crippen LogP contribution in [0.2, 0.25) is 5.28 Å². The van der Waals surface area contributed by atoms with Gasteiger partial charge in [0.2, 0.25) is 5.28 Å². The van der Waals surface area contributed by atoms with Gasteiger partial charge < -0.3 is 19.9 Å². The zero-order chi connectivity index (χ0) is 21.5. The Morgan fingerprint density at radius 2 is 1.90 bits per heavy atom. The van der Waals surface area contributed by atoms with Gasteiger partial charge in [0.1, 0.15) is 0 Å². The van der Waals surface area contributed by atoms with E-state index in [1.165, 1.54) is 23.2 Å². The lowest BCUT2D eigenvalue weighted by Crippen LogP contribution is -2.51. The number of ether oxygens (including phenoxy) is 1. The Bertz CT molecular complexity index is 1160. The number of nitrogens with zero attached hydrogens (tertiary/aromatic N) is 4. The van der Waals surface area contributed by atoms with E-state index in [0.717, 1.165) is 4.57 Å². The molecule has 3 heterocycles. The maximum atomic E-state index is 12.7. The first-order valence-corrected chi connectivity index (χ1v) is 9.38. The first-order chi connectivity index (χ1) is 13.7. The molecule has 2 amide bonds. The van der Waals surface area contributed by atoms with Crippen LogP contribution in [0, 0.1) is 0 Å². The van der Waals surface area contributed by atoms with Crippen molar-refractivity contribution in [3.05, 3.63) is 37.4 Å². The lowest BCUT2D eigenvalue weighted by Gasteiger charge is -2.28. The van der Waals surface area contributed by atoms with Crippen LogP contribution in [0.3, 0.4) is 0 Å². The zero-order valence-corrected chi connectivity index (χ0v) is 17.2. The molecule has 1 aliphatic rings. The molecule has 3 rings (SSSR count). The van der Waals surface area contributed by atoms with Crippen molar-refractivity contribution in [2.45, 2.75) is 32.9 Å². The maximum absolute atomic E-state index is 12.7. The number of fused-ring (bicyclic) bond motifs is 1.